The average Bonchev–Trinajstić information content (AvgIpc) is 2.85. The summed E-state index contributed by atoms with van der Waals surface area (Å²) in [6.45, 7) is 3.44. The third kappa shape index (κ3) is 3.72. The van der Waals surface area contributed by atoms with E-state index in [2.05, 4.69) is 0 Å². The molecule has 1 amide bonds. The summed E-state index contributed by atoms with van der Waals surface area (Å²) in [6, 6.07) is 0. The number of amides is 1. The van der Waals surface area contributed by atoms with Gasteiger partial charge in [-0.1, -0.05) is 12.8 Å². The zero-order chi connectivity index (χ0) is 14.6. The molecule has 0 bridgehead atoms. The van der Waals surface area contributed by atoms with Gasteiger partial charge in [-0.2, -0.15) is 0 Å². The lowest BCUT2D eigenvalue weighted by Gasteiger charge is -2.34. The minimum absolute atomic E-state index is 0.100. The zero-order valence-electron chi connectivity index (χ0n) is 12.4. The van der Waals surface area contributed by atoms with Gasteiger partial charge in [-0.25, -0.2) is 0 Å². The highest BCUT2D eigenvalue weighted by molar-refractivity contribution is 5.79. The van der Waals surface area contributed by atoms with Crippen LogP contribution < -0.4 is 5.73 Å². The Kier molecular flexibility index (Phi) is 5.02. The Hall–Kier alpha value is -1.10. The maximum atomic E-state index is 12.4. The van der Waals surface area contributed by atoms with Crippen LogP contribution in [0, 0.1) is 5.92 Å². The summed E-state index contributed by atoms with van der Waals surface area (Å²) in [5, 5.41) is 0. The topological polar surface area (TPSA) is 72.6 Å². The molecule has 1 aliphatic carbocycles. The first-order valence-electron chi connectivity index (χ1n) is 7.77. The third-order valence-electron chi connectivity index (χ3n) is 4.50. The molecule has 1 unspecified atom stereocenters. The van der Waals surface area contributed by atoms with Crippen LogP contribution in [0.2, 0.25) is 0 Å². The second-order valence-electron chi connectivity index (χ2n) is 6.18. The molecular weight excluding hydrogens is 256 g/mol. The van der Waals surface area contributed by atoms with Crippen LogP contribution in [0.25, 0.3) is 0 Å². The molecule has 0 aromatic carbocycles. The first-order valence-corrected chi connectivity index (χ1v) is 7.77. The van der Waals surface area contributed by atoms with Gasteiger partial charge in [0.1, 0.15) is 0 Å². The predicted molar refractivity (Wildman–Crippen MR) is 75.9 cm³/mol. The molecular formula is C15H26N2O3. The van der Waals surface area contributed by atoms with Crippen LogP contribution in [0.1, 0.15) is 51.9 Å². The Morgan fingerprint density at radius 2 is 2.00 bits per heavy atom. The van der Waals surface area contributed by atoms with Crippen LogP contribution in [0.4, 0.5) is 0 Å². The highest BCUT2D eigenvalue weighted by atomic mass is 16.5. The van der Waals surface area contributed by atoms with Gasteiger partial charge in [-0.3, -0.25) is 9.59 Å². The van der Waals surface area contributed by atoms with Crippen LogP contribution in [-0.2, 0) is 14.3 Å². The summed E-state index contributed by atoms with van der Waals surface area (Å²) in [4.78, 5) is 26.0. The molecule has 114 valence electrons. The second kappa shape index (κ2) is 6.57. The minimum Gasteiger partial charge on any atom is -0.466 e. The Bertz CT molecular complexity index is 364. The molecule has 1 saturated carbocycles. The van der Waals surface area contributed by atoms with Gasteiger partial charge in [0.05, 0.1) is 12.5 Å². The van der Waals surface area contributed by atoms with Gasteiger partial charge in [-0.05, 0) is 32.6 Å². The largest absolute Gasteiger partial charge is 0.466 e. The van der Waals surface area contributed by atoms with Crippen LogP contribution >= 0.6 is 0 Å². The van der Waals surface area contributed by atoms with E-state index in [9.17, 15) is 9.59 Å². The number of carbonyl (C=O) groups is 2. The molecule has 2 rings (SSSR count). The van der Waals surface area contributed by atoms with E-state index in [0.29, 0.717) is 19.6 Å². The number of rotatable bonds is 4. The lowest BCUT2D eigenvalue weighted by Crippen LogP contribution is -2.47. The standard InChI is InChI=1S/C15H26N2O3/c1-2-20-14(19)12-6-5-9-17(11-12)13(18)10-15(16)7-3-4-8-15/h12H,2-11,16H2,1H3. The molecule has 2 N–H and O–H groups in total. The normalized spacial score (nSPS) is 25.5. The molecule has 1 aliphatic heterocycles. The molecule has 0 spiro atoms. The maximum absolute atomic E-state index is 12.4. The molecule has 2 aliphatic rings. The van der Waals surface area contributed by atoms with Crippen LogP contribution in [0.3, 0.4) is 0 Å². The van der Waals surface area contributed by atoms with Gasteiger partial charge in [0.15, 0.2) is 0 Å². The number of likely N-dealkylation sites (tertiary alicyclic amines) is 1. The van der Waals surface area contributed by atoms with E-state index >= 15 is 0 Å². The van der Waals surface area contributed by atoms with Gasteiger partial charge in [0.2, 0.25) is 5.91 Å². The molecule has 5 nitrogen and oxygen atoms in total. The lowest BCUT2D eigenvalue weighted by atomic mass is 9.92. The molecule has 1 heterocycles. The van der Waals surface area contributed by atoms with Crippen molar-refractivity contribution < 1.29 is 14.3 Å². The Morgan fingerprint density at radius 1 is 1.30 bits per heavy atom. The molecule has 5 heteroatoms. The van der Waals surface area contributed by atoms with E-state index in [0.717, 1.165) is 45.1 Å². The monoisotopic (exact) mass is 282 g/mol. The van der Waals surface area contributed by atoms with Crippen molar-refractivity contribution in [2.75, 3.05) is 19.7 Å². The summed E-state index contributed by atoms with van der Waals surface area (Å²) in [5.41, 5.74) is 5.96. The van der Waals surface area contributed by atoms with E-state index in [-0.39, 0.29) is 23.3 Å². The van der Waals surface area contributed by atoms with Crippen LogP contribution in [0.5, 0.6) is 0 Å². The second-order valence-corrected chi connectivity index (χ2v) is 6.18. The highest BCUT2D eigenvalue weighted by Gasteiger charge is 2.35. The predicted octanol–water partition coefficient (Wildman–Crippen LogP) is 1.45. The van der Waals surface area contributed by atoms with Crippen molar-refractivity contribution in [3.63, 3.8) is 0 Å². The van der Waals surface area contributed by atoms with E-state index in [1.807, 2.05) is 6.92 Å². The van der Waals surface area contributed by atoms with Gasteiger partial charge >= 0.3 is 5.97 Å². The number of nitrogens with zero attached hydrogens (tertiary/aromatic N) is 1. The number of carbonyl (C=O) groups excluding carboxylic acids is 2. The fraction of sp³-hybridized carbons (Fsp3) is 0.867. The summed E-state index contributed by atoms with van der Waals surface area (Å²) < 4.78 is 5.06. The molecule has 0 aromatic rings. The van der Waals surface area contributed by atoms with Crippen molar-refractivity contribution in [3.05, 3.63) is 0 Å². The summed E-state index contributed by atoms with van der Waals surface area (Å²) >= 11 is 0. The summed E-state index contributed by atoms with van der Waals surface area (Å²) in [5.74, 6) is -0.235. The molecule has 2 fully saturated rings. The number of hydrogen-bond acceptors (Lipinski definition) is 4. The van der Waals surface area contributed by atoms with Crippen molar-refractivity contribution >= 4 is 11.9 Å². The Balaban J connectivity index is 1.88. The molecule has 20 heavy (non-hydrogen) atoms. The van der Waals surface area contributed by atoms with E-state index in [1.165, 1.54) is 0 Å². The van der Waals surface area contributed by atoms with Gasteiger partial charge in [0.25, 0.3) is 0 Å². The molecule has 0 aromatic heterocycles. The van der Waals surface area contributed by atoms with Crippen molar-refractivity contribution in [2.24, 2.45) is 11.7 Å². The third-order valence-corrected chi connectivity index (χ3v) is 4.50. The average molecular weight is 282 g/mol. The number of nitrogens with two attached hydrogens (primary N) is 1. The van der Waals surface area contributed by atoms with Crippen molar-refractivity contribution in [3.8, 4) is 0 Å². The number of esters is 1. The van der Waals surface area contributed by atoms with Gasteiger partial charge in [-0.15, -0.1) is 0 Å². The quantitative estimate of drug-likeness (QED) is 0.792. The highest BCUT2D eigenvalue weighted by Crippen LogP contribution is 2.31. The molecule has 1 atom stereocenters. The fourth-order valence-corrected chi connectivity index (χ4v) is 3.33. The summed E-state index contributed by atoms with van der Waals surface area (Å²) in [6.07, 6.45) is 6.22. The molecule has 0 radical (unpaired) electrons. The van der Waals surface area contributed by atoms with Crippen molar-refractivity contribution in [1.29, 1.82) is 0 Å². The SMILES string of the molecule is CCOC(=O)C1CCCN(C(=O)CC2(N)CCCC2)C1. The maximum Gasteiger partial charge on any atom is 0.310 e. The Morgan fingerprint density at radius 3 is 2.65 bits per heavy atom. The van der Waals surface area contributed by atoms with Crippen LogP contribution in [-0.4, -0.2) is 42.0 Å². The van der Waals surface area contributed by atoms with E-state index in [1.54, 1.807) is 4.90 Å². The van der Waals surface area contributed by atoms with E-state index in [4.69, 9.17) is 10.5 Å². The first kappa shape index (κ1) is 15.3. The fourth-order valence-electron chi connectivity index (χ4n) is 3.33. The van der Waals surface area contributed by atoms with E-state index < -0.39 is 0 Å². The number of ether oxygens (including phenoxy) is 1. The number of piperidine rings is 1. The van der Waals surface area contributed by atoms with Gasteiger partial charge in [0, 0.05) is 25.0 Å². The number of hydrogen-bond donors (Lipinski definition) is 1. The first-order chi connectivity index (χ1) is 9.54. The minimum atomic E-state index is -0.312. The zero-order valence-corrected chi connectivity index (χ0v) is 12.4. The van der Waals surface area contributed by atoms with Crippen molar-refractivity contribution in [2.45, 2.75) is 57.4 Å². The van der Waals surface area contributed by atoms with Gasteiger partial charge < -0.3 is 15.4 Å². The molecule has 1 saturated heterocycles. The smallest absolute Gasteiger partial charge is 0.310 e. The summed E-state index contributed by atoms with van der Waals surface area (Å²) in [7, 11) is 0. The van der Waals surface area contributed by atoms with Crippen LogP contribution in [0.15, 0.2) is 0 Å². The Labute approximate surface area is 120 Å². The van der Waals surface area contributed by atoms with Crippen molar-refractivity contribution in [1.82, 2.24) is 4.90 Å². The lowest BCUT2D eigenvalue weighted by molar-refractivity contribution is -0.151.